The van der Waals surface area contributed by atoms with Gasteiger partial charge in [0.15, 0.2) is 0 Å². The minimum Gasteiger partial charge on any atom is -0.478 e. The Balaban J connectivity index is 1.89. The van der Waals surface area contributed by atoms with Gasteiger partial charge in [-0.25, -0.2) is 21.6 Å². The van der Waals surface area contributed by atoms with Crippen molar-refractivity contribution in [3.8, 4) is 0 Å². The smallest absolute Gasteiger partial charge is 0.335 e. The summed E-state index contributed by atoms with van der Waals surface area (Å²) in [7, 11) is -8.18. The lowest BCUT2D eigenvalue weighted by atomic mass is 10.1. The maximum Gasteiger partial charge on any atom is 0.335 e. The van der Waals surface area contributed by atoms with Crippen LogP contribution in [0.15, 0.2) is 76.5 Å². The molecule has 0 fully saturated rings. The Bertz CT molecular complexity index is 1370. The summed E-state index contributed by atoms with van der Waals surface area (Å²) in [6.07, 6.45) is 0. The van der Waals surface area contributed by atoms with E-state index in [9.17, 15) is 26.7 Å². The lowest BCUT2D eigenvalue weighted by Crippen LogP contribution is -2.16. The van der Waals surface area contributed by atoms with Gasteiger partial charge in [0.1, 0.15) is 0 Å². The van der Waals surface area contributed by atoms with Crippen LogP contribution in [0.5, 0.6) is 0 Å². The molecular formula is C20H17ClN2O6S2. The maximum absolute atomic E-state index is 12.7. The van der Waals surface area contributed by atoms with Crippen molar-refractivity contribution >= 4 is 49.0 Å². The van der Waals surface area contributed by atoms with Crippen LogP contribution < -0.4 is 9.44 Å². The highest BCUT2D eigenvalue weighted by atomic mass is 35.5. The molecule has 0 saturated carbocycles. The Morgan fingerprint density at radius 2 is 1.35 bits per heavy atom. The molecule has 3 rings (SSSR count). The van der Waals surface area contributed by atoms with Gasteiger partial charge in [0.2, 0.25) is 0 Å². The van der Waals surface area contributed by atoms with E-state index < -0.39 is 26.0 Å². The molecule has 0 aliphatic carbocycles. The highest BCUT2D eigenvalue weighted by molar-refractivity contribution is 7.93. The van der Waals surface area contributed by atoms with Gasteiger partial charge in [0, 0.05) is 5.02 Å². The fourth-order valence-electron chi connectivity index (χ4n) is 2.71. The highest BCUT2D eigenvalue weighted by Crippen LogP contribution is 2.24. The topological polar surface area (TPSA) is 130 Å². The largest absolute Gasteiger partial charge is 0.478 e. The van der Waals surface area contributed by atoms with Crippen molar-refractivity contribution in [1.82, 2.24) is 0 Å². The number of carboxylic acid groups (broad SMARTS) is 1. The average Bonchev–Trinajstić information content (AvgIpc) is 2.67. The molecule has 8 nitrogen and oxygen atoms in total. The zero-order valence-electron chi connectivity index (χ0n) is 16.0. The van der Waals surface area contributed by atoms with Crippen molar-refractivity contribution in [3.05, 3.63) is 82.9 Å². The van der Waals surface area contributed by atoms with Crippen LogP contribution in [0.1, 0.15) is 15.9 Å². The van der Waals surface area contributed by atoms with Crippen LogP contribution in [0.3, 0.4) is 0 Å². The Hall–Kier alpha value is -3.08. The standard InChI is InChI=1S/C20H17ClN2O6S2/c1-13-8-9-18(12-19(13)20(24)25)31(28,29)23-16-6-3-7-17(11-16)30(26,27)22-15-5-2-4-14(21)10-15/h2-12,22-23H,1H3,(H,24,25). The molecule has 0 aromatic heterocycles. The van der Waals surface area contributed by atoms with E-state index in [0.717, 1.165) is 12.1 Å². The predicted molar refractivity (Wildman–Crippen MR) is 118 cm³/mol. The Labute approximate surface area is 184 Å². The van der Waals surface area contributed by atoms with Gasteiger partial charge in [0.05, 0.1) is 26.7 Å². The minimum atomic E-state index is -4.16. The van der Waals surface area contributed by atoms with Crippen molar-refractivity contribution < 1.29 is 26.7 Å². The normalized spacial score (nSPS) is 11.7. The number of nitrogens with one attached hydrogen (secondary N) is 2. The van der Waals surface area contributed by atoms with Crippen molar-refractivity contribution in [2.24, 2.45) is 0 Å². The maximum atomic E-state index is 12.7. The Kier molecular flexibility index (Phi) is 6.25. The summed E-state index contributed by atoms with van der Waals surface area (Å²) >= 11 is 5.87. The molecular weight excluding hydrogens is 464 g/mol. The van der Waals surface area contributed by atoms with Crippen LogP contribution in [-0.2, 0) is 20.0 Å². The first-order chi connectivity index (χ1) is 14.5. The zero-order chi connectivity index (χ0) is 22.8. The number of benzene rings is 3. The van der Waals surface area contributed by atoms with Crippen LogP contribution in [0.25, 0.3) is 0 Å². The van der Waals surface area contributed by atoms with Crippen molar-refractivity contribution in [3.63, 3.8) is 0 Å². The molecule has 11 heteroatoms. The lowest BCUT2D eigenvalue weighted by Gasteiger charge is -2.12. The van der Waals surface area contributed by atoms with E-state index >= 15 is 0 Å². The van der Waals surface area contributed by atoms with Gasteiger partial charge < -0.3 is 5.11 Å². The number of carbonyl (C=O) groups is 1. The first kappa shape index (κ1) is 22.6. The molecule has 0 unspecified atom stereocenters. The third kappa shape index (κ3) is 5.35. The number of rotatable bonds is 7. The van der Waals surface area contributed by atoms with Crippen LogP contribution in [0, 0.1) is 6.92 Å². The third-order valence-corrected chi connectivity index (χ3v) is 7.22. The van der Waals surface area contributed by atoms with Gasteiger partial charge in [0.25, 0.3) is 20.0 Å². The average molecular weight is 481 g/mol. The van der Waals surface area contributed by atoms with Crippen molar-refractivity contribution in [2.45, 2.75) is 16.7 Å². The SMILES string of the molecule is Cc1ccc(S(=O)(=O)Nc2cccc(S(=O)(=O)Nc3cccc(Cl)c3)c2)cc1C(=O)O. The van der Waals surface area contributed by atoms with Crippen molar-refractivity contribution in [2.75, 3.05) is 9.44 Å². The van der Waals surface area contributed by atoms with Gasteiger partial charge >= 0.3 is 5.97 Å². The van der Waals surface area contributed by atoms with E-state index in [-0.39, 0.29) is 26.7 Å². The van der Waals surface area contributed by atoms with Crippen LogP contribution in [-0.4, -0.2) is 27.9 Å². The minimum absolute atomic E-state index is 0.00795. The lowest BCUT2D eigenvalue weighted by molar-refractivity contribution is 0.0696. The summed E-state index contributed by atoms with van der Waals surface area (Å²) in [5, 5.41) is 9.56. The summed E-state index contributed by atoms with van der Waals surface area (Å²) in [6, 6.07) is 15.0. The van der Waals surface area contributed by atoms with E-state index in [4.69, 9.17) is 11.6 Å². The summed E-state index contributed by atoms with van der Waals surface area (Å²) in [5.74, 6) is -1.25. The molecule has 0 saturated heterocycles. The Morgan fingerprint density at radius 3 is 1.94 bits per heavy atom. The molecule has 0 aliphatic rings. The van der Waals surface area contributed by atoms with Gasteiger partial charge in [-0.3, -0.25) is 9.44 Å². The summed E-state index contributed by atoms with van der Waals surface area (Å²) in [6.45, 7) is 1.55. The number of anilines is 2. The second-order valence-electron chi connectivity index (χ2n) is 6.53. The second kappa shape index (κ2) is 8.58. The zero-order valence-corrected chi connectivity index (χ0v) is 18.4. The number of aromatic carboxylic acids is 1. The van der Waals surface area contributed by atoms with Crippen LogP contribution >= 0.6 is 11.6 Å². The summed E-state index contributed by atoms with van der Waals surface area (Å²) < 4.78 is 55.3. The van der Waals surface area contributed by atoms with Crippen LogP contribution in [0.4, 0.5) is 11.4 Å². The number of sulfonamides is 2. The predicted octanol–water partition coefficient (Wildman–Crippen LogP) is 3.95. The molecule has 0 bridgehead atoms. The van der Waals surface area contributed by atoms with E-state index in [1.165, 1.54) is 42.5 Å². The number of aryl methyl sites for hydroxylation is 1. The highest BCUT2D eigenvalue weighted by Gasteiger charge is 2.20. The van der Waals surface area contributed by atoms with Gasteiger partial charge in [-0.15, -0.1) is 0 Å². The molecule has 31 heavy (non-hydrogen) atoms. The molecule has 3 aromatic rings. The molecule has 0 radical (unpaired) electrons. The quantitative estimate of drug-likeness (QED) is 0.469. The molecule has 0 spiro atoms. The first-order valence-corrected chi connectivity index (χ1v) is 12.1. The van der Waals surface area contributed by atoms with Gasteiger partial charge in [-0.2, -0.15) is 0 Å². The fraction of sp³-hybridized carbons (Fsp3) is 0.0500. The first-order valence-electron chi connectivity index (χ1n) is 8.73. The second-order valence-corrected chi connectivity index (χ2v) is 10.3. The molecule has 0 atom stereocenters. The number of hydrogen-bond acceptors (Lipinski definition) is 5. The fourth-order valence-corrected chi connectivity index (χ4v) is 5.07. The van der Waals surface area contributed by atoms with E-state index in [2.05, 4.69) is 9.44 Å². The third-order valence-electron chi connectivity index (χ3n) is 4.22. The molecule has 0 aliphatic heterocycles. The number of halogens is 1. The van der Waals surface area contributed by atoms with Crippen LogP contribution in [0.2, 0.25) is 5.02 Å². The van der Waals surface area contributed by atoms with Crippen molar-refractivity contribution in [1.29, 1.82) is 0 Å². The summed E-state index contributed by atoms with van der Waals surface area (Å²) in [5.41, 5.74) is 0.502. The number of hydrogen-bond donors (Lipinski definition) is 3. The summed E-state index contributed by atoms with van der Waals surface area (Å²) in [4.78, 5) is 10.8. The molecule has 0 amide bonds. The van der Waals surface area contributed by atoms with E-state index in [0.29, 0.717) is 10.6 Å². The molecule has 3 aromatic carbocycles. The molecule has 162 valence electrons. The van der Waals surface area contributed by atoms with Gasteiger partial charge in [-0.1, -0.05) is 29.8 Å². The van der Waals surface area contributed by atoms with E-state index in [1.54, 1.807) is 19.1 Å². The van der Waals surface area contributed by atoms with Gasteiger partial charge in [-0.05, 0) is 61.0 Å². The van der Waals surface area contributed by atoms with E-state index in [1.807, 2.05) is 0 Å². The molecule has 3 N–H and O–H groups in total. The number of carboxylic acids is 1. The molecule has 0 heterocycles. The monoisotopic (exact) mass is 480 g/mol. The Morgan fingerprint density at radius 1 is 0.806 bits per heavy atom.